The Morgan fingerprint density at radius 1 is 0.964 bits per heavy atom. The summed E-state index contributed by atoms with van der Waals surface area (Å²) in [6.45, 7) is 5.49. The molecule has 2 aromatic rings. The summed E-state index contributed by atoms with van der Waals surface area (Å²) in [7, 11) is 3.45. The molecule has 5 heteroatoms. The second kappa shape index (κ2) is 11.1. The van der Waals surface area contributed by atoms with Gasteiger partial charge in [-0.25, -0.2) is 0 Å². The largest absolute Gasteiger partial charge is 0.493 e. The number of likely N-dealkylation sites (tertiary alicyclic amines) is 1. The van der Waals surface area contributed by atoms with Crippen molar-refractivity contribution in [2.24, 2.45) is 0 Å². The van der Waals surface area contributed by atoms with E-state index in [1.165, 1.54) is 18.4 Å². The molecule has 1 aliphatic rings. The maximum atomic E-state index is 6.03. The topological polar surface area (TPSA) is 43.0 Å². The average molecular weight is 385 g/mol. The van der Waals surface area contributed by atoms with Crippen molar-refractivity contribution < 1.29 is 14.2 Å². The highest BCUT2D eigenvalue weighted by Crippen LogP contribution is 2.29. The van der Waals surface area contributed by atoms with Gasteiger partial charge in [0.15, 0.2) is 11.5 Å². The van der Waals surface area contributed by atoms with Gasteiger partial charge in [0.25, 0.3) is 0 Å². The SMILES string of the molecule is COCCN1CCC(NCc2ccc(OC)c(OCc3ccccc3)c2)CC1. The molecule has 2 aromatic carbocycles. The molecule has 0 amide bonds. The van der Waals surface area contributed by atoms with Gasteiger partial charge in [0.05, 0.1) is 13.7 Å². The highest BCUT2D eigenvalue weighted by atomic mass is 16.5. The lowest BCUT2D eigenvalue weighted by Gasteiger charge is -2.32. The third-order valence-corrected chi connectivity index (χ3v) is 5.26. The van der Waals surface area contributed by atoms with E-state index in [0.29, 0.717) is 12.6 Å². The van der Waals surface area contributed by atoms with E-state index in [4.69, 9.17) is 14.2 Å². The first-order valence-electron chi connectivity index (χ1n) is 10.1. The molecule has 1 heterocycles. The zero-order chi connectivity index (χ0) is 19.6. The standard InChI is InChI=1S/C23H32N2O3/c1-26-15-14-25-12-10-21(11-13-25)24-17-20-8-9-22(27-2)23(16-20)28-18-19-6-4-3-5-7-19/h3-9,16,21,24H,10-15,17-18H2,1-2H3. The first-order valence-corrected chi connectivity index (χ1v) is 10.1. The molecule has 0 saturated carbocycles. The lowest BCUT2D eigenvalue weighted by molar-refractivity contribution is 0.126. The van der Waals surface area contributed by atoms with Gasteiger partial charge >= 0.3 is 0 Å². The highest BCUT2D eigenvalue weighted by Gasteiger charge is 2.18. The third-order valence-electron chi connectivity index (χ3n) is 5.26. The molecule has 0 atom stereocenters. The van der Waals surface area contributed by atoms with Gasteiger partial charge in [0, 0.05) is 26.2 Å². The number of benzene rings is 2. The predicted octanol–water partition coefficient (Wildman–Crippen LogP) is 3.47. The number of piperidine rings is 1. The van der Waals surface area contributed by atoms with E-state index >= 15 is 0 Å². The van der Waals surface area contributed by atoms with Crippen molar-refractivity contribution >= 4 is 0 Å². The molecule has 3 rings (SSSR count). The van der Waals surface area contributed by atoms with E-state index in [-0.39, 0.29) is 0 Å². The first-order chi connectivity index (χ1) is 13.8. The van der Waals surface area contributed by atoms with Crippen molar-refractivity contribution in [3.05, 3.63) is 59.7 Å². The van der Waals surface area contributed by atoms with Crippen LogP contribution < -0.4 is 14.8 Å². The van der Waals surface area contributed by atoms with Crippen LogP contribution in [0.3, 0.4) is 0 Å². The zero-order valence-electron chi connectivity index (χ0n) is 17.0. The minimum Gasteiger partial charge on any atom is -0.493 e. The molecule has 1 aliphatic heterocycles. The molecule has 0 unspecified atom stereocenters. The van der Waals surface area contributed by atoms with Crippen LogP contribution in [0.1, 0.15) is 24.0 Å². The minimum atomic E-state index is 0.536. The van der Waals surface area contributed by atoms with E-state index in [9.17, 15) is 0 Å². The summed E-state index contributed by atoms with van der Waals surface area (Å²) in [6.07, 6.45) is 2.36. The Morgan fingerprint density at radius 3 is 2.46 bits per heavy atom. The molecule has 1 N–H and O–H groups in total. The quantitative estimate of drug-likeness (QED) is 0.679. The number of hydrogen-bond donors (Lipinski definition) is 1. The maximum Gasteiger partial charge on any atom is 0.161 e. The molecule has 0 aromatic heterocycles. The Balaban J connectivity index is 1.50. The second-order valence-electron chi connectivity index (χ2n) is 7.25. The van der Waals surface area contributed by atoms with Gasteiger partial charge in [0.2, 0.25) is 0 Å². The third kappa shape index (κ3) is 6.23. The smallest absolute Gasteiger partial charge is 0.161 e. The molecule has 28 heavy (non-hydrogen) atoms. The van der Waals surface area contributed by atoms with Gasteiger partial charge in [-0.15, -0.1) is 0 Å². The molecule has 1 fully saturated rings. The van der Waals surface area contributed by atoms with E-state index in [1.54, 1.807) is 14.2 Å². The van der Waals surface area contributed by atoms with Crippen molar-refractivity contribution in [3.63, 3.8) is 0 Å². The lowest BCUT2D eigenvalue weighted by Crippen LogP contribution is -2.43. The Bertz CT molecular complexity index is 700. The van der Waals surface area contributed by atoms with Gasteiger partial charge in [-0.05, 0) is 49.2 Å². The van der Waals surface area contributed by atoms with Crippen molar-refractivity contribution in [1.29, 1.82) is 0 Å². The molecule has 0 aliphatic carbocycles. The van der Waals surface area contributed by atoms with Gasteiger partial charge in [-0.3, -0.25) is 0 Å². The van der Waals surface area contributed by atoms with Crippen LogP contribution in [0, 0.1) is 0 Å². The fraction of sp³-hybridized carbons (Fsp3) is 0.478. The van der Waals surface area contributed by atoms with Crippen LogP contribution in [-0.4, -0.2) is 51.4 Å². The van der Waals surface area contributed by atoms with E-state index < -0.39 is 0 Å². The molecule has 1 saturated heterocycles. The summed E-state index contributed by atoms with van der Waals surface area (Å²) < 4.78 is 16.7. The summed E-state index contributed by atoms with van der Waals surface area (Å²) >= 11 is 0. The lowest BCUT2D eigenvalue weighted by atomic mass is 10.0. The maximum absolute atomic E-state index is 6.03. The minimum absolute atomic E-state index is 0.536. The number of hydrogen-bond acceptors (Lipinski definition) is 5. The van der Waals surface area contributed by atoms with Gasteiger partial charge in [-0.2, -0.15) is 0 Å². The van der Waals surface area contributed by atoms with Crippen molar-refractivity contribution in [1.82, 2.24) is 10.2 Å². The summed E-state index contributed by atoms with van der Waals surface area (Å²) in [6, 6.07) is 16.9. The molecule has 0 bridgehead atoms. The number of ether oxygens (including phenoxy) is 3. The molecular formula is C23H32N2O3. The zero-order valence-corrected chi connectivity index (χ0v) is 17.0. The Kier molecular flexibility index (Phi) is 8.15. The Hall–Kier alpha value is -2.08. The highest BCUT2D eigenvalue weighted by molar-refractivity contribution is 5.43. The first kappa shape index (κ1) is 20.6. The average Bonchev–Trinajstić information content (AvgIpc) is 2.76. The van der Waals surface area contributed by atoms with Gasteiger partial charge in [0.1, 0.15) is 6.61 Å². The second-order valence-corrected chi connectivity index (χ2v) is 7.25. The predicted molar refractivity (Wildman–Crippen MR) is 112 cm³/mol. The fourth-order valence-electron chi connectivity index (χ4n) is 3.52. The Labute approximate surface area is 168 Å². The van der Waals surface area contributed by atoms with Crippen molar-refractivity contribution in [3.8, 4) is 11.5 Å². The molecule has 0 spiro atoms. The van der Waals surface area contributed by atoms with Crippen LogP contribution in [0.2, 0.25) is 0 Å². The molecule has 0 radical (unpaired) electrons. The number of methoxy groups -OCH3 is 2. The van der Waals surface area contributed by atoms with E-state index in [2.05, 4.69) is 34.5 Å². The Morgan fingerprint density at radius 2 is 1.75 bits per heavy atom. The monoisotopic (exact) mass is 384 g/mol. The van der Waals surface area contributed by atoms with Gasteiger partial charge < -0.3 is 24.4 Å². The van der Waals surface area contributed by atoms with Crippen molar-refractivity contribution in [2.45, 2.75) is 32.0 Å². The van der Waals surface area contributed by atoms with Crippen LogP contribution in [0.4, 0.5) is 0 Å². The normalized spacial score (nSPS) is 15.5. The van der Waals surface area contributed by atoms with Crippen molar-refractivity contribution in [2.75, 3.05) is 40.5 Å². The van der Waals surface area contributed by atoms with E-state index in [1.807, 2.05) is 24.3 Å². The number of rotatable bonds is 10. The van der Waals surface area contributed by atoms with Crippen LogP contribution in [0.25, 0.3) is 0 Å². The molecule has 5 nitrogen and oxygen atoms in total. The summed E-state index contributed by atoms with van der Waals surface area (Å²) in [5.41, 5.74) is 2.36. The summed E-state index contributed by atoms with van der Waals surface area (Å²) in [4.78, 5) is 2.48. The van der Waals surface area contributed by atoms with Crippen LogP contribution >= 0.6 is 0 Å². The van der Waals surface area contributed by atoms with Gasteiger partial charge in [-0.1, -0.05) is 36.4 Å². The summed E-state index contributed by atoms with van der Waals surface area (Å²) in [5.74, 6) is 1.56. The molecular weight excluding hydrogens is 352 g/mol. The van der Waals surface area contributed by atoms with E-state index in [0.717, 1.165) is 49.8 Å². The molecule has 152 valence electrons. The van der Waals surface area contributed by atoms with Crippen LogP contribution in [0.5, 0.6) is 11.5 Å². The van der Waals surface area contributed by atoms with Crippen LogP contribution in [0.15, 0.2) is 48.5 Å². The number of nitrogens with zero attached hydrogens (tertiary/aromatic N) is 1. The van der Waals surface area contributed by atoms with Crippen LogP contribution in [-0.2, 0) is 17.9 Å². The number of nitrogens with one attached hydrogen (secondary N) is 1. The fourth-order valence-corrected chi connectivity index (χ4v) is 3.52. The summed E-state index contributed by atoms with van der Waals surface area (Å²) in [5, 5.41) is 3.70.